The molecule has 2 heterocycles. The van der Waals surface area contributed by atoms with Gasteiger partial charge in [-0.15, -0.1) is 0 Å². The van der Waals surface area contributed by atoms with E-state index in [4.69, 9.17) is 9.84 Å². The fourth-order valence-electron chi connectivity index (χ4n) is 3.29. The molecule has 0 saturated carbocycles. The van der Waals surface area contributed by atoms with E-state index in [0.717, 1.165) is 25.9 Å². The molecule has 2 amide bonds. The average molecular weight is 373 g/mol. The van der Waals surface area contributed by atoms with E-state index in [2.05, 4.69) is 5.32 Å². The Morgan fingerprint density at radius 2 is 1.85 bits per heavy atom. The van der Waals surface area contributed by atoms with Gasteiger partial charge in [-0.05, 0) is 37.1 Å². The first-order valence-corrected chi connectivity index (χ1v) is 8.93. The topological polar surface area (TPSA) is 99.2 Å². The molecule has 0 spiro atoms. The van der Waals surface area contributed by atoms with Gasteiger partial charge in [0.2, 0.25) is 0 Å². The Morgan fingerprint density at radius 1 is 1.19 bits per heavy atom. The molecule has 1 saturated heterocycles. The number of methoxy groups -OCH3 is 1. The second-order valence-corrected chi connectivity index (χ2v) is 6.50. The number of rotatable bonds is 6. The highest BCUT2D eigenvalue weighted by atomic mass is 16.5. The number of likely N-dealkylation sites (tertiary alicyclic amines) is 1. The normalized spacial score (nSPS) is 16.9. The molecule has 2 aliphatic rings. The number of ether oxygens (including phenoxy) is 1. The standard InChI is InChI=1S/C19H23N3O5/c1-27-19(26)15-12-22(10-11-23)18(25)16(15)20-14-6-4-13(5-7-14)17(24)21-8-2-3-9-21/h4-7,20,23H,2-3,8-12H2,1H3. The van der Waals surface area contributed by atoms with E-state index in [9.17, 15) is 14.4 Å². The number of carbonyl (C=O) groups excluding carboxylic acids is 3. The van der Waals surface area contributed by atoms with Crippen molar-refractivity contribution < 1.29 is 24.2 Å². The summed E-state index contributed by atoms with van der Waals surface area (Å²) in [7, 11) is 1.25. The molecule has 27 heavy (non-hydrogen) atoms. The van der Waals surface area contributed by atoms with Gasteiger partial charge in [0, 0.05) is 30.9 Å². The Kier molecular flexibility index (Phi) is 5.75. The minimum atomic E-state index is -0.591. The molecule has 0 aliphatic carbocycles. The summed E-state index contributed by atoms with van der Waals surface area (Å²) in [5.74, 6) is -0.964. The predicted molar refractivity (Wildman–Crippen MR) is 97.9 cm³/mol. The Hall–Kier alpha value is -2.87. The number of nitrogens with one attached hydrogen (secondary N) is 1. The number of benzene rings is 1. The van der Waals surface area contributed by atoms with Gasteiger partial charge in [0.15, 0.2) is 0 Å². The van der Waals surface area contributed by atoms with E-state index in [-0.39, 0.29) is 42.8 Å². The van der Waals surface area contributed by atoms with Crippen LogP contribution in [0.4, 0.5) is 5.69 Å². The van der Waals surface area contributed by atoms with Crippen LogP contribution in [0.5, 0.6) is 0 Å². The Balaban J connectivity index is 1.76. The smallest absolute Gasteiger partial charge is 0.337 e. The second-order valence-electron chi connectivity index (χ2n) is 6.50. The van der Waals surface area contributed by atoms with Crippen LogP contribution >= 0.6 is 0 Å². The third kappa shape index (κ3) is 3.95. The number of esters is 1. The Bertz CT molecular complexity index is 766. The number of hydrogen-bond acceptors (Lipinski definition) is 6. The van der Waals surface area contributed by atoms with E-state index in [1.807, 2.05) is 4.90 Å². The molecule has 1 aromatic carbocycles. The Morgan fingerprint density at radius 3 is 2.44 bits per heavy atom. The number of hydrogen-bond donors (Lipinski definition) is 2. The molecule has 8 nitrogen and oxygen atoms in total. The summed E-state index contributed by atoms with van der Waals surface area (Å²) in [6.45, 7) is 1.58. The Labute approximate surface area is 157 Å². The number of aliphatic hydroxyl groups excluding tert-OH is 1. The zero-order chi connectivity index (χ0) is 19.4. The fraction of sp³-hybridized carbons (Fsp3) is 0.421. The van der Waals surface area contributed by atoms with E-state index in [1.54, 1.807) is 24.3 Å². The molecule has 1 fully saturated rings. The second kappa shape index (κ2) is 8.22. The molecule has 0 aromatic heterocycles. The third-order valence-corrected chi connectivity index (χ3v) is 4.75. The maximum atomic E-state index is 12.5. The lowest BCUT2D eigenvalue weighted by Crippen LogP contribution is -2.31. The summed E-state index contributed by atoms with van der Waals surface area (Å²) in [5.41, 5.74) is 1.52. The lowest BCUT2D eigenvalue weighted by molar-refractivity contribution is -0.136. The maximum Gasteiger partial charge on any atom is 0.337 e. The quantitative estimate of drug-likeness (QED) is 0.709. The summed E-state index contributed by atoms with van der Waals surface area (Å²) < 4.78 is 4.76. The third-order valence-electron chi connectivity index (χ3n) is 4.75. The van der Waals surface area contributed by atoms with Crippen molar-refractivity contribution in [2.45, 2.75) is 12.8 Å². The first-order chi connectivity index (χ1) is 13.0. The molecule has 0 bridgehead atoms. The van der Waals surface area contributed by atoms with Gasteiger partial charge in [0.25, 0.3) is 11.8 Å². The van der Waals surface area contributed by atoms with Crippen LogP contribution in [-0.4, -0.2) is 72.6 Å². The van der Waals surface area contributed by atoms with Crippen LogP contribution in [0.15, 0.2) is 35.5 Å². The highest BCUT2D eigenvalue weighted by Crippen LogP contribution is 2.23. The highest BCUT2D eigenvalue weighted by Gasteiger charge is 2.34. The predicted octanol–water partition coefficient (Wildman–Crippen LogP) is 0.596. The van der Waals surface area contributed by atoms with Crippen LogP contribution in [-0.2, 0) is 14.3 Å². The van der Waals surface area contributed by atoms with Crippen LogP contribution in [0.2, 0.25) is 0 Å². The molecule has 0 unspecified atom stereocenters. The van der Waals surface area contributed by atoms with Gasteiger partial charge < -0.3 is 25.0 Å². The SMILES string of the molecule is COC(=O)C1=C(Nc2ccc(C(=O)N3CCCC3)cc2)C(=O)N(CCO)C1. The molecule has 2 aliphatic heterocycles. The summed E-state index contributed by atoms with van der Waals surface area (Å²) >= 11 is 0. The van der Waals surface area contributed by atoms with Crippen LogP contribution in [0, 0.1) is 0 Å². The molecular formula is C19H23N3O5. The van der Waals surface area contributed by atoms with E-state index in [1.165, 1.54) is 12.0 Å². The number of aliphatic hydroxyl groups is 1. The number of anilines is 1. The molecule has 0 atom stereocenters. The van der Waals surface area contributed by atoms with Crippen molar-refractivity contribution in [3.63, 3.8) is 0 Å². The summed E-state index contributed by atoms with van der Waals surface area (Å²) in [6.07, 6.45) is 2.06. The van der Waals surface area contributed by atoms with Crippen LogP contribution < -0.4 is 5.32 Å². The van der Waals surface area contributed by atoms with Crippen molar-refractivity contribution in [3.8, 4) is 0 Å². The molecule has 3 rings (SSSR count). The summed E-state index contributed by atoms with van der Waals surface area (Å²) in [6, 6.07) is 6.80. The molecular weight excluding hydrogens is 350 g/mol. The zero-order valence-corrected chi connectivity index (χ0v) is 15.2. The van der Waals surface area contributed by atoms with E-state index < -0.39 is 5.97 Å². The summed E-state index contributed by atoms with van der Waals surface area (Å²) in [4.78, 5) is 40.1. The highest BCUT2D eigenvalue weighted by molar-refractivity contribution is 6.08. The first kappa shape index (κ1) is 18.9. The van der Waals surface area contributed by atoms with Gasteiger partial charge in [-0.25, -0.2) is 4.79 Å². The number of nitrogens with zero attached hydrogens (tertiary/aromatic N) is 2. The largest absolute Gasteiger partial charge is 0.466 e. The van der Waals surface area contributed by atoms with Gasteiger partial charge in [-0.1, -0.05) is 0 Å². The van der Waals surface area contributed by atoms with Gasteiger partial charge >= 0.3 is 5.97 Å². The van der Waals surface area contributed by atoms with Gasteiger partial charge in [0.05, 0.1) is 25.8 Å². The van der Waals surface area contributed by atoms with Crippen molar-refractivity contribution >= 4 is 23.5 Å². The molecule has 8 heteroatoms. The van der Waals surface area contributed by atoms with Gasteiger partial charge in [-0.3, -0.25) is 9.59 Å². The van der Waals surface area contributed by atoms with E-state index >= 15 is 0 Å². The van der Waals surface area contributed by atoms with Crippen LogP contribution in [0.25, 0.3) is 0 Å². The lowest BCUT2D eigenvalue weighted by Gasteiger charge is -2.16. The minimum Gasteiger partial charge on any atom is -0.466 e. The number of carbonyl (C=O) groups is 3. The van der Waals surface area contributed by atoms with Crippen molar-refractivity contribution in [2.24, 2.45) is 0 Å². The first-order valence-electron chi connectivity index (χ1n) is 8.93. The fourth-order valence-corrected chi connectivity index (χ4v) is 3.29. The monoisotopic (exact) mass is 373 g/mol. The molecule has 144 valence electrons. The number of β-amino-alcohol motifs (C(OH)–C–C–N with tert-alkyl or cyclic N) is 1. The maximum absolute atomic E-state index is 12.5. The van der Waals surface area contributed by atoms with Crippen LogP contribution in [0.1, 0.15) is 23.2 Å². The van der Waals surface area contributed by atoms with Gasteiger partial charge in [0.1, 0.15) is 5.70 Å². The van der Waals surface area contributed by atoms with Crippen LogP contribution in [0.3, 0.4) is 0 Å². The van der Waals surface area contributed by atoms with Crippen molar-refractivity contribution in [2.75, 3.05) is 45.2 Å². The molecule has 2 N–H and O–H groups in total. The lowest BCUT2D eigenvalue weighted by atomic mass is 10.1. The van der Waals surface area contributed by atoms with Crippen molar-refractivity contribution in [1.82, 2.24) is 9.80 Å². The summed E-state index contributed by atoms with van der Waals surface area (Å²) in [5, 5.41) is 12.1. The van der Waals surface area contributed by atoms with Gasteiger partial charge in [-0.2, -0.15) is 0 Å². The van der Waals surface area contributed by atoms with E-state index in [0.29, 0.717) is 11.3 Å². The zero-order valence-electron chi connectivity index (χ0n) is 15.2. The van der Waals surface area contributed by atoms with Crippen molar-refractivity contribution in [3.05, 3.63) is 41.1 Å². The van der Waals surface area contributed by atoms with Crippen molar-refractivity contribution in [1.29, 1.82) is 0 Å². The minimum absolute atomic E-state index is 0.000390. The molecule has 1 aromatic rings. The molecule has 0 radical (unpaired) electrons. The average Bonchev–Trinajstić information content (AvgIpc) is 3.32. The number of amides is 2.